The molecular formula is C16H21BrN2O4S. The summed E-state index contributed by atoms with van der Waals surface area (Å²) in [7, 11) is 0. The van der Waals surface area contributed by atoms with E-state index in [-0.39, 0.29) is 5.75 Å². The molecule has 0 heterocycles. The number of amides is 3. The summed E-state index contributed by atoms with van der Waals surface area (Å²) in [6, 6.07) is 3.37. The molecule has 1 atom stereocenters. The number of ether oxygens (including phenoxy) is 1. The minimum atomic E-state index is -1.03. The Labute approximate surface area is 154 Å². The summed E-state index contributed by atoms with van der Waals surface area (Å²) in [6.07, 6.45) is -1.03. The molecule has 8 heteroatoms. The highest BCUT2D eigenvalue weighted by Gasteiger charge is 2.20. The van der Waals surface area contributed by atoms with Crippen LogP contribution in [0.4, 0.5) is 4.79 Å². The van der Waals surface area contributed by atoms with Gasteiger partial charge in [-0.1, -0.05) is 15.9 Å². The molecule has 2 N–H and O–H groups in total. The molecule has 1 aromatic rings. The number of hydrogen-bond acceptors (Lipinski definition) is 5. The van der Waals surface area contributed by atoms with E-state index in [2.05, 4.69) is 26.6 Å². The first kappa shape index (κ1) is 20.5. The van der Waals surface area contributed by atoms with Crippen LogP contribution in [0, 0.1) is 13.8 Å². The zero-order valence-electron chi connectivity index (χ0n) is 14.1. The summed E-state index contributed by atoms with van der Waals surface area (Å²) in [5, 5.41) is 4.53. The van der Waals surface area contributed by atoms with E-state index in [0.717, 1.165) is 20.5 Å². The van der Waals surface area contributed by atoms with Crippen LogP contribution in [0.3, 0.4) is 0 Å². The van der Waals surface area contributed by atoms with Crippen molar-refractivity contribution < 1.29 is 19.1 Å². The molecule has 132 valence electrons. The average Bonchev–Trinajstić information content (AvgIpc) is 2.49. The second-order valence-corrected chi connectivity index (χ2v) is 7.01. The number of halogens is 1. The van der Waals surface area contributed by atoms with Gasteiger partial charge in [0.2, 0.25) is 0 Å². The van der Waals surface area contributed by atoms with Gasteiger partial charge in [0.1, 0.15) is 0 Å². The standard InChI is InChI=1S/C16H21BrN2O4S/c1-5-18-16(22)19-15(21)11(4)23-14(20)8-24-13-7-9(2)12(17)6-10(13)3/h6-7,11H,5,8H2,1-4H3,(H2,18,19,21,22). The maximum atomic E-state index is 11.9. The topological polar surface area (TPSA) is 84.5 Å². The molecule has 0 aromatic heterocycles. The quantitative estimate of drug-likeness (QED) is 0.549. The molecule has 6 nitrogen and oxygen atoms in total. The van der Waals surface area contributed by atoms with E-state index in [0.29, 0.717) is 6.54 Å². The Hall–Kier alpha value is -1.54. The van der Waals surface area contributed by atoms with Crippen LogP contribution in [0.1, 0.15) is 25.0 Å². The van der Waals surface area contributed by atoms with Crippen LogP contribution in [0.25, 0.3) is 0 Å². The van der Waals surface area contributed by atoms with Gasteiger partial charge in [0.25, 0.3) is 5.91 Å². The minimum absolute atomic E-state index is 0.0840. The number of hydrogen-bond donors (Lipinski definition) is 2. The summed E-state index contributed by atoms with van der Waals surface area (Å²) in [4.78, 5) is 35.8. The van der Waals surface area contributed by atoms with E-state index < -0.39 is 24.0 Å². The highest BCUT2D eigenvalue weighted by molar-refractivity contribution is 9.10. The zero-order valence-corrected chi connectivity index (χ0v) is 16.5. The summed E-state index contributed by atoms with van der Waals surface area (Å²) >= 11 is 4.81. The van der Waals surface area contributed by atoms with Gasteiger partial charge in [-0.2, -0.15) is 0 Å². The number of aryl methyl sites for hydroxylation is 2. The third-order valence-corrected chi connectivity index (χ3v) is 5.04. The molecule has 1 aromatic carbocycles. The van der Waals surface area contributed by atoms with Gasteiger partial charge in [-0.3, -0.25) is 14.9 Å². The first-order chi connectivity index (χ1) is 11.2. The van der Waals surface area contributed by atoms with Crippen molar-refractivity contribution in [2.24, 2.45) is 0 Å². The van der Waals surface area contributed by atoms with Crippen LogP contribution >= 0.6 is 27.7 Å². The molecule has 0 spiro atoms. The Morgan fingerprint density at radius 3 is 2.54 bits per heavy atom. The first-order valence-electron chi connectivity index (χ1n) is 7.42. The lowest BCUT2D eigenvalue weighted by molar-refractivity contribution is -0.151. The van der Waals surface area contributed by atoms with Crippen LogP contribution in [0.2, 0.25) is 0 Å². The molecular weight excluding hydrogens is 396 g/mol. The molecule has 0 saturated heterocycles. The van der Waals surface area contributed by atoms with Gasteiger partial charge >= 0.3 is 12.0 Å². The fourth-order valence-corrected chi connectivity index (χ4v) is 3.10. The second-order valence-electron chi connectivity index (χ2n) is 5.14. The number of urea groups is 1. The SMILES string of the molecule is CCNC(=O)NC(=O)C(C)OC(=O)CSc1cc(C)c(Br)cc1C. The van der Waals surface area contributed by atoms with Gasteiger partial charge in [0.05, 0.1) is 5.75 Å². The molecule has 0 aliphatic rings. The normalized spacial score (nSPS) is 11.5. The molecule has 0 aliphatic heterocycles. The molecule has 0 radical (unpaired) electrons. The number of thioether (sulfide) groups is 1. The summed E-state index contributed by atoms with van der Waals surface area (Å²) in [5.41, 5.74) is 2.12. The third-order valence-electron chi connectivity index (χ3n) is 3.05. The minimum Gasteiger partial charge on any atom is -0.452 e. The van der Waals surface area contributed by atoms with Gasteiger partial charge < -0.3 is 10.1 Å². The number of esters is 1. The fourth-order valence-electron chi connectivity index (χ4n) is 1.75. The molecule has 1 rings (SSSR count). The Morgan fingerprint density at radius 2 is 1.92 bits per heavy atom. The van der Waals surface area contributed by atoms with Crippen molar-refractivity contribution in [2.75, 3.05) is 12.3 Å². The van der Waals surface area contributed by atoms with Crippen LogP contribution in [0.15, 0.2) is 21.5 Å². The molecule has 0 saturated carbocycles. The highest BCUT2D eigenvalue weighted by atomic mass is 79.9. The lowest BCUT2D eigenvalue weighted by Gasteiger charge is -2.13. The van der Waals surface area contributed by atoms with E-state index >= 15 is 0 Å². The number of rotatable bonds is 6. The highest BCUT2D eigenvalue weighted by Crippen LogP contribution is 2.28. The monoisotopic (exact) mass is 416 g/mol. The number of imide groups is 1. The van der Waals surface area contributed by atoms with Gasteiger partial charge in [0.15, 0.2) is 6.10 Å². The zero-order chi connectivity index (χ0) is 18.3. The summed E-state index contributed by atoms with van der Waals surface area (Å²) in [5.74, 6) is -1.09. The van der Waals surface area contributed by atoms with Gasteiger partial charge in [-0.05, 0) is 51.0 Å². The van der Waals surface area contributed by atoms with Crippen molar-refractivity contribution in [2.45, 2.75) is 38.7 Å². The molecule has 3 amide bonds. The average molecular weight is 417 g/mol. The van der Waals surface area contributed by atoms with Crippen molar-refractivity contribution in [1.82, 2.24) is 10.6 Å². The molecule has 24 heavy (non-hydrogen) atoms. The van der Waals surface area contributed by atoms with E-state index in [1.54, 1.807) is 6.92 Å². The van der Waals surface area contributed by atoms with Crippen LogP contribution in [0.5, 0.6) is 0 Å². The van der Waals surface area contributed by atoms with E-state index in [9.17, 15) is 14.4 Å². The number of carbonyl (C=O) groups excluding carboxylic acids is 3. The summed E-state index contributed by atoms with van der Waals surface area (Å²) < 4.78 is 6.06. The van der Waals surface area contributed by atoms with Gasteiger partial charge in [-0.25, -0.2) is 4.79 Å². The Balaban J connectivity index is 2.50. The molecule has 1 unspecified atom stereocenters. The number of benzene rings is 1. The maximum Gasteiger partial charge on any atom is 0.321 e. The number of nitrogens with one attached hydrogen (secondary N) is 2. The Bertz CT molecular complexity index is 637. The summed E-state index contributed by atoms with van der Waals surface area (Å²) in [6.45, 7) is 7.48. The smallest absolute Gasteiger partial charge is 0.321 e. The van der Waals surface area contributed by atoms with Crippen molar-refractivity contribution >= 4 is 45.6 Å². The predicted molar refractivity (Wildman–Crippen MR) is 97.1 cm³/mol. The third kappa shape index (κ3) is 6.52. The van der Waals surface area contributed by atoms with Crippen molar-refractivity contribution in [3.05, 3.63) is 27.7 Å². The predicted octanol–water partition coefficient (Wildman–Crippen LogP) is 2.94. The van der Waals surface area contributed by atoms with E-state index in [1.807, 2.05) is 26.0 Å². The van der Waals surface area contributed by atoms with Gasteiger partial charge in [-0.15, -0.1) is 11.8 Å². The molecule has 0 aliphatic carbocycles. The first-order valence-corrected chi connectivity index (χ1v) is 9.20. The largest absolute Gasteiger partial charge is 0.452 e. The fraction of sp³-hybridized carbons (Fsp3) is 0.438. The second kappa shape index (κ2) is 9.68. The molecule has 0 bridgehead atoms. The Morgan fingerprint density at radius 1 is 1.25 bits per heavy atom. The van der Waals surface area contributed by atoms with Crippen molar-refractivity contribution in [1.29, 1.82) is 0 Å². The van der Waals surface area contributed by atoms with Gasteiger partial charge in [0, 0.05) is 15.9 Å². The van der Waals surface area contributed by atoms with Crippen LogP contribution in [-0.2, 0) is 14.3 Å². The maximum absolute atomic E-state index is 11.9. The van der Waals surface area contributed by atoms with Crippen LogP contribution < -0.4 is 10.6 Å². The van der Waals surface area contributed by atoms with E-state index in [1.165, 1.54) is 18.7 Å². The van der Waals surface area contributed by atoms with Crippen LogP contribution in [-0.4, -0.2) is 36.3 Å². The Kier molecular flexibility index (Phi) is 8.27. The van der Waals surface area contributed by atoms with E-state index in [4.69, 9.17) is 4.74 Å². The lowest BCUT2D eigenvalue weighted by atomic mass is 10.2. The van der Waals surface area contributed by atoms with Crippen molar-refractivity contribution in [3.63, 3.8) is 0 Å². The number of carbonyl (C=O) groups is 3. The lowest BCUT2D eigenvalue weighted by Crippen LogP contribution is -2.44. The molecule has 0 fully saturated rings. The van der Waals surface area contributed by atoms with Crippen molar-refractivity contribution in [3.8, 4) is 0 Å².